The van der Waals surface area contributed by atoms with E-state index in [1.54, 1.807) is 36.4 Å². The lowest BCUT2D eigenvalue weighted by atomic mass is 9.96. The maximum Gasteiger partial charge on any atom is 0.228 e. The summed E-state index contributed by atoms with van der Waals surface area (Å²) < 4.78 is 0. The van der Waals surface area contributed by atoms with Gasteiger partial charge in [0, 0.05) is 36.3 Å². The number of rotatable bonds is 7. The molecule has 2 aromatic rings. The van der Waals surface area contributed by atoms with Gasteiger partial charge >= 0.3 is 0 Å². The summed E-state index contributed by atoms with van der Waals surface area (Å²) in [6.45, 7) is 3.69. The van der Waals surface area contributed by atoms with Crippen LogP contribution in [0.25, 0.3) is 0 Å². The van der Waals surface area contributed by atoms with E-state index in [4.69, 9.17) is 11.6 Å². The van der Waals surface area contributed by atoms with Gasteiger partial charge in [0.2, 0.25) is 11.8 Å². The van der Waals surface area contributed by atoms with E-state index >= 15 is 0 Å². The van der Waals surface area contributed by atoms with Crippen LogP contribution in [0.1, 0.15) is 36.5 Å². The van der Waals surface area contributed by atoms with Crippen molar-refractivity contribution in [1.29, 1.82) is 0 Å². The summed E-state index contributed by atoms with van der Waals surface area (Å²) in [7, 11) is 0. The Labute approximate surface area is 180 Å². The topological polar surface area (TPSA) is 91.4 Å². The molecule has 0 unspecified atom stereocenters. The van der Waals surface area contributed by atoms with Gasteiger partial charge < -0.3 is 15.5 Å². The maximum absolute atomic E-state index is 12.4. The highest BCUT2D eigenvalue weighted by molar-refractivity contribution is 6.30. The fourth-order valence-electron chi connectivity index (χ4n) is 3.37. The third-order valence-corrected chi connectivity index (χ3v) is 5.39. The molecule has 0 saturated carbocycles. The minimum atomic E-state index is -0.0701. The number of ketones is 1. The summed E-state index contributed by atoms with van der Waals surface area (Å²) >= 11 is 5.81. The van der Waals surface area contributed by atoms with Crippen LogP contribution in [0.15, 0.2) is 42.6 Å². The first-order valence-electron chi connectivity index (χ1n) is 9.96. The Kier molecular flexibility index (Phi) is 7.54. The number of benzene rings is 1. The van der Waals surface area contributed by atoms with Crippen molar-refractivity contribution in [3.05, 3.63) is 53.2 Å². The number of anilines is 2. The zero-order valence-electron chi connectivity index (χ0n) is 16.9. The van der Waals surface area contributed by atoms with Crippen LogP contribution in [-0.2, 0) is 9.59 Å². The van der Waals surface area contributed by atoms with E-state index in [1.807, 2.05) is 0 Å². The van der Waals surface area contributed by atoms with Crippen LogP contribution in [-0.4, -0.2) is 47.1 Å². The number of pyridine rings is 1. The number of amides is 2. The van der Waals surface area contributed by atoms with Gasteiger partial charge in [0.1, 0.15) is 5.82 Å². The Balaban J connectivity index is 1.37. The lowest BCUT2D eigenvalue weighted by molar-refractivity contribution is -0.121. The Morgan fingerprint density at radius 1 is 1.07 bits per heavy atom. The highest BCUT2D eigenvalue weighted by Gasteiger charge is 2.25. The minimum absolute atomic E-state index is 0.00519. The zero-order chi connectivity index (χ0) is 21.5. The smallest absolute Gasteiger partial charge is 0.228 e. The SMILES string of the molecule is CC(=O)c1ccc(NC(=O)CCN2CCC(C(=O)Nc3ccc(Cl)cn3)CC2)cc1. The largest absolute Gasteiger partial charge is 0.326 e. The molecule has 2 N–H and O–H groups in total. The van der Waals surface area contributed by atoms with Gasteiger partial charge in [-0.3, -0.25) is 14.4 Å². The van der Waals surface area contributed by atoms with Gasteiger partial charge in [0.25, 0.3) is 0 Å². The highest BCUT2D eigenvalue weighted by Crippen LogP contribution is 2.20. The molecule has 1 fully saturated rings. The van der Waals surface area contributed by atoms with E-state index in [0.29, 0.717) is 35.1 Å². The Morgan fingerprint density at radius 2 is 1.77 bits per heavy atom. The van der Waals surface area contributed by atoms with E-state index < -0.39 is 0 Å². The second-order valence-electron chi connectivity index (χ2n) is 7.40. The molecule has 0 radical (unpaired) electrons. The van der Waals surface area contributed by atoms with Crippen molar-refractivity contribution < 1.29 is 14.4 Å². The second-order valence-corrected chi connectivity index (χ2v) is 7.83. The summed E-state index contributed by atoms with van der Waals surface area (Å²) in [5.74, 6) is 0.331. The predicted octanol–water partition coefficient (Wildman–Crippen LogP) is 3.62. The summed E-state index contributed by atoms with van der Waals surface area (Å²) in [4.78, 5) is 42.2. The van der Waals surface area contributed by atoms with Crippen molar-refractivity contribution in [2.24, 2.45) is 5.92 Å². The molecule has 0 spiro atoms. The van der Waals surface area contributed by atoms with Crippen molar-refractivity contribution in [3.8, 4) is 0 Å². The van der Waals surface area contributed by atoms with E-state index in [1.165, 1.54) is 13.1 Å². The number of piperidine rings is 1. The van der Waals surface area contributed by atoms with Gasteiger partial charge in [0.15, 0.2) is 5.78 Å². The molecule has 30 heavy (non-hydrogen) atoms. The Morgan fingerprint density at radius 3 is 2.37 bits per heavy atom. The first kappa shape index (κ1) is 21.9. The Bertz CT molecular complexity index is 892. The third kappa shape index (κ3) is 6.37. The van der Waals surface area contributed by atoms with Crippen LogP contribution in [0.4, 0.5) is 11.5 Å². The number of likely N-dealkylation sites (tertiary alicyclic amines) is 1. The van der Waals surface area contributed by atoms with Crippen LogP contribution >= 0.6 is 11.6 Å². The summed E-state index contributed by atoms with van der Waals surface area (Å²) in [5, 5.41) is 6.20. The van der Waals surface area contributed by atoms with Gasteiger partial charge in [-0.15, -0.1) is 0 Å². The molecule has 1 aliphatic rings. The number of halogens is 1. The first-order chi connectivity index (χ1) is 14.4. The van der Waals surface area contributed by atoms with Crippen molar-refractivity contribution >= 4 is 40.7 Å². The number of hydrogen-bond donors (Lipinski definition) is 2. The lowest BCUT2D eigenvalue weighted by Gasteiger charge is -2.31. The van der Waals surface area contributed by atoms with Crippen molar-refractivity contribution in [2.45, 2.75) is 26.2 Å². The average molecular weight is 429 g/mol. The van der Waals surface area contributed by atoms with Crippen molar-refractivity contribution in [2.75, 3.05) is 30.3 Å². The molecule has 8 heteroatoms. The van der Waals surface area contributed by atoms with E-state index in [9.17, 15) is 14.4 Å². The summed E-state index contributed by atoms with van der Waals surface area (Å²) in [6.07, 6.45) is 3.36. The van der Waals surface area contributed by atoms with Gasteiger partial charge in [0.05, 0.1) is 5.02 Å². The fraction of sp³-hybridized carbons (Fsp3) is 0.364. The number of carbonyl (C=O) groups excluding carboxylic acids is 3. The molecule has 0 bridgehead atoms. The Hall–Kier alpha value is -2.77. The molecule has 1 aromatic carbocycles. The number of Topliss-reactive ketones (excluding diaryl/α,β-unsaturated/α-hetero) is 1. The molecule has 2 heterocycles. The highest BCUT2D eigenvalue weighted by atomic mass is 35.5. The standard InChI is InChI=1S/C22H25ClN4O3/c1-15(28)16-2-5-19(6-3-16)25-21(29)10-13-27-11-8-17(9-12-27)22(30)26-20-7-4-18(23)14-24-20/h2-7,14,17H,8-13H2,1H3,(H,25,29)(H,24,26,30). The molecule has 1 aromatic heterocycles. The van der Waals surface area contributed by atoms with Crippen LogP contribution in [0, 0.1) is 5.92 Å². The first-order valence-corrected chi connectivity index (χ1v) is 10.3. The molecular formula is C22H25ClN4O3. The average Bonchev–Trinajstić information content (AvgIpc) is 2.74. The number of aromatic nitrogens is 1. The van der Waals surface area contributed by atoms with E-state index in [-0.39, 0.29) is 23.5 Å². The molecule has 2 amide bonds. The second kappa shape index (κ2) is 10.3. The van der Waals surface area contributed by atoms with Gasteiger partial charge in [-0.25, -0.2) is 4.98 Å². The van der Waals surface area contributed by atoms with Gasteiger partial charge in [-0.1, -0.05) is 11.6 Å². The monoisotopic (exact) mass is 428 g/mol. The summed E-state index contributed by atoms with van der Waals surface area (Å²) in [6, 6.07) is 10.2. The molecular weight excluding hydrogens is 404 g/mol. The molecule has 1 aliphatic heterocycles. The molecule has 0 aliphatic carbocycles. The van der Waals surface area contributed by atoms with Crippen LogP contribution < -0.4 is 10.6 Å². The molecule has 1 saturated heterocycles. The van der Waals surface area contributed by atoms with E-state index in [2.05, 4.69) is 20.5 Å². The predicted molar refractivity (Wildman–Crippen MR) is 117 cm³/mol. The van der Waals surface area contributed by atoms with Crippen molar-refractivity contribution in [3.63, 3.8) is 0 Å². The van der Waals surface area contributed by atoms with Gasteiger partial charge in [-0.05, 0) is 69.3 Å². The maximum atomic E-state index is 12.4. The zero-order valence-corrected chi connectivity index (χ0v) is 17.6. The number of carbonyl (C=O) groups is 3. The fourth-order valence-corrected chi connectivity index (χ4v) is 3.48. The number of nitrogens with one attached hydrogen (secondary N) is 2. The third-order valence-electron chi connectivity index (χ3n) is 5.17. The number of hydrogen-bond acceptors (Lipinski definition) is 5. The molecule has 0 atom stereocenters. The van der Waals surface area contributed by atoms with Crippen LogP contribution in [0.2, 0.25) is 5.02 Å². The van der Waals surface area contributed by atoms with E-state index in [0.717, 1.165) is 25.9 Å². The normalized spacial score (nSPS) is 14.9. The lowest BCUT2D eigenvalue weighted by Crippen LogP contribution is -2.39. The van der Waals surface area contributed by atoms with Gasteiger partial charge in [-0.2, -0.15) is 0 Å². The molecule has 3 rings (SSSR count). The molecule has 158 valence electrons. The molecule has 7 nitrogen and oxygen atoms in total. The summed E-state index contributed by atoms with van der Waals surface area (Å²) in [5.41, 5.74) is 1.29. The van der Waals surface area contributed by atoms with Crippen LogP contribution in [0.3, 0.4) is 0 Å². The minimum Gasteiger partial charge on any atom is -0.326 e. The van der Waals surface area contributed by atoms with Crippen LogP contribution in [0.5, 0.6) is 0 Å². The number of nitrogens with zero attached hydrogens (tertiary/aromatic N) is 2. The quantitative estimate of drug-likeness (QED) is 0.657. The van der Waals surface area contributed by atoms with Crippen molar-refractivity contribution in [1.82, 2.24) is 9.88 Å².